The van der Waals surface area contributed by atoms with E-state index in [1.54, 1.807) is 6.07 Å². The molecule has 34 heavy (non-hydrogen) atoms. The highest BCUT2D eigenvalue weighted by Crippen LogP contribution is 2.34. The van der Waals surface area contributed by atoms with Crippen LogP contribution in [0.1, 0.15) is 17.0 Å². The van der Waals surface area contributed by atoms with Gasteiger partial charge < -0.3 is 4.98 Å². The molecule has 4 aromatic carbocycles. The Hall–Kier alpha value is -4.19. The summed E-state index contributed by atoms with van der Waals surface area (Å²) in [6.45, 7) is -0.0934. The van der Waals surface area contributed by atoms with E-state index < -0.39 is 11.7 Å². The van der Waals surface area contributed by atoms with Gasteiger partial charge in [-0.05, 0) is 22.8 Å². The van der Waals surface area contributed by atoms with Crippen LogP contribution in [0.2, 0.25) is 0 Å². The lowest BCUT2D eigenvalue weighted by Crippen LogP contribution is -2.08. The Morgan fingerprint density at radius 2 is 1.32 bits per heavy atom. The summed E-state index contributed by atoms with van der Waals surface area (Å²) in [5.74, 6) is 0.486. The molecule has 0 fully saturated rings. The third-order valence-corrected chi connectivity index (χ3v) is 5.63. The average Bonchev–Trinajstić information content (AvgIpc) is 3.28. The van der Waals surface area contributed by atoms with Crippen LogP contribution in [0, 0.1) is 0 Å². The fraction of sp³-hybridized carbons (Fsp3) is 0.0714. The second-order valence-electron chi connectivity index (χ2n) is 7.86. The average molecular weight is 455 g/mol. The van der Waals surface area contributed by atoms with E-state index in [1.807, 2.05) is 66.7 Å². The van der Waals surface area contributed by atoms with E-state index in [0.717, 1.165) is 39.4 Å². The van der Waals surface area contributed by atoms with Crippen LogP contribution in [-0.2, 0) is 12.7 Å². The lowest BCUT2D eigenvalue weighted by molar-refractivity contribution is -0.138. The monoisotopic (exact) mass is 455 g/mol. The Morgan fingerprint density at radius 3 is 2.00 bits per heavy atom. The van der Waals surface area contributed by atoms with Gasteiger partial charge in [-0.1, -0.05) is 91.0 Å². The number of nitrogens with zero attached hydrogens (tertiary/aromatic N) is 2. The first kappa shape index (κ1) is 21.6. The SMILES string of the molecule is FC(F)(F)c1ccccc1C/N=C/c1nc2c(-c3ccccc3)ccc(-c3ccccc3)c2[nH]1. The highest BCUT2D eigenvalue weighted by atomic mass is 19.4. The Morgan fingerprint density at radius 1 is 0.735 bits per heavy atom. The van der Waals surface area contributed by atoms with Gasteiger partial charge in [0.1, 0.15) is 5.82 Å². The predicted molar refractivity (Wildman–Crippen MR) is 130 cm³/mol. The van der Waals surface area contributed by atoms with Crippen molar-refractivity contribution in [1.82, 2.24) is 9.97 Å². The quantitative estimate of drug-likeness (QED) is 0.273. The number of aromatic amines is 1. The van der Waals surface area contributed by atoms with Gasteiger partial charge in [0.25, 0.3) is 0 Å². The van der Waals surface area contributed by atoms with Gasteiger partial charge in [0, 0.05) is 11.1 Å². The minimum atomic E-state index is -4.42. The Labute approximate surface area is 194 Å². The fourth-order valence-electron chi connectivity index (χ4n) is 4.05. The summed E-state index contributed by atoms with van der Waals surface area (Å²) in [7, 11) is 0. The van der Waals surface area contributed by atoms with Crippen molar-refractivity contribution in [3.8, 4) is 22.3 Å². The lowest BCUT2D eigenvalue weighted by Gasteiger charge is -2.10. The second-order valence-corrected chi connectivity index (χ2v) is 7.86. The molecule has 3 nitrogen and oxygen atoms in total. The van der Waals surface area contributed by atoms with Crippen LogP contribution in [0.25, 0.3) is 33.3 Å². The molecule has 0 radical (unpaired) electrons. The standard InChI is InChI=1S/C28H20F3N3/c29-28(30,31)24-14-8-7-13-21(24)17-32-18-25-33-26-22(19-9-3-1-4-10-19)15-16-23(27(26)34-25)20-11-5-2-6-12-20/h1-16,18H,17H2,(H,33,34)/b32-18+. The maximum absolute atomic E-state index is 13.3. The van der Waals surface area contributed by atoms with Crippen molar-refractivity contribution >= 4 is 17.2 Å². The molecule has 0 saturated heterocycles. The van der Waals surface area contributed by atoms with E-state index in [9.17, 15) is 13.2 Å². The lowest BCUT2D eigenvalue weighted by atomic mass is 9.98. The van der Waals surface area contributed by atoms with Gasteiger partial charge in [-0.2, -0.15) is 13.2 Å². The number of hydrogen-bond donors (Lipinski definition) is 1. The molecule has 0 bridgehead atoms. The fourth-order valence-corrected chi connectivity index (χ4v) is 4.05. The molecule has 1 heterocycles. The third kappa shape index (κ3) is 4.35. The van der Waals surface area contributed by atoms with Gasteiger partial charge in [0.2, 0.25) is 0 Å². The molecule has 1 N–H and O–H groups in total. The maximum atomic E-state index is 13.3. The van der Waals surface area contributed by atoms with E-state index in [0.29, 0.717) is 5.82 Å². The van der Waals surface area contributed by atoms with E-state index in [1.165, 1.54) is 18.3 Å². The van der Waals surface area contributed by atoms with E-state index >= 15 is 0 Å². The first-order valence-electron chi connectivity index (χ1n) is 10.8. The summed E-state index contributed by atoms with van der Waals surface area (Å²) < 4.78 is 39.8. The molecule has 168 valence electrons. The van der Waals surface area contributed by atoms with Crippen molar-refractivity contribution in [2.45, 2.75) is 12.7 Å². The van der Waals surface area contributed by atoms with Gasteiger partial charge in [0.15, 0.2) is 0 Å². The van der Waals surface area contributed by atoms with Crippen molar-refractivity contribution in [2.75, 3.05) is 0 Å². The number of alkyl halides is 3. The van der Waals surface area contributed by atoms with Crippen molar-refractivity contribution in [3.63, 3.8) is 0 Å². The Bertz CT molecular complexity index is 1380. The van der Waals surface area contributed by atoms with E-state index in [-0.39, 0.29) is 12.1 Å². The molecule has 5 rings (SSSR count). The summed E-state index contributed by atoms with van der Waals surface area (Å²) >= 11 is 0. The largest absolute Gasteiger partial charge is 0.416 e. The molecule has 0 saturated carbocycles. The molecule has 0 amide bonds. The number of benzene rings is 4. The van der Waals surface area contributed by atoms with Gasteiger partial charge in [-0.15, -0.1) is 0 Å². The third-order valence-electron chi connectivity index (χ3n) is 5.63. The summed E-state index contributed by atoms with van der Waals surface area (Å²) in [5.41, 5.74) is 5.11. The zero-order valence-electron chi connectivity index (χ0n) is 18.1. The zero-order chi connectivity index (χ0) is 23.5. The minimum Gasteiger partial charge on any atom is -0.337 e. The molecule has 0 aliphatic carbocycles. The highest BCUT2D eigenvalue weighted by molar-refractivity contribution is 6.02. The number of rotatable bonds is 5. The molecule has 0 spiro atoms. The van der Waals surface area contributed by atoms with Crippen molar-refractivity contribution in [1.29, 1.82) is 0 Å². The van der Waals surface area contributed by atoms with Crippen LogP contribution in [-0.4, -0.2) is 16.2 Å². The highest BCUT2D eigenvalue weighted by Gasteiger charge is 2.32. The number of aromatic nitrogens is 2. The topological polar surface area (TPSA) is 41.0 Å². The number of imidazole rings is 1. The molecular weight excluding hydrogens is 435 g/mol. The smallest absolute Gasteiger partial charge is 0.337 e. The molecule has 5 aromatic rings. The van der Waals surface area contributed by atoms with Crippen LogP contribution in [0.15, 0.2) is 102 Å². The van der Waals surface area contributed by atoms with Gasteiger partial charge in [-0.3, -0.25) is 4.99 Å². The summed E-state index contributed by atoms with van der Waals surface area (Å²) in [6, 6.07) is 29.5. The van der Waals surface area contributed by atoms with Crippen LogP contribution in [0.3, 0.4) is 0 Å². The summed E-state index contributed by atoms with van der Waals surface area (Å²) in [6.07, 6.45) is -2.92. The van der Waals surface area contributed by atoms with Crippen molar-refractivity contribution < 1.29 is 13.2 Å². The van der Waals surface area contributed by atoms with Crippen molar-refractivity contribution in [3.05, 3.63) is 114 Å². The number of aliphatic imine (C=N–C) groups is 1. The van der Waals surface area contributed by atoms with Crippen LogP contribution in [0.5, 0.6) is 0 Å². The van der Waals surface area contributed by atoms with E-state index in [4.69, 9.17) is 4.98 Å². The van der Waals surface area contributed by atoms with Gasteiger partial charge in [-0.25, -0.2) is 4.98 Å². The Kier molecular flexibility index (Phi) is 5.72. The first-order chi connectivity index (χ1) is 16.5. The maximum Gasteiger partial charge on any atom is 0.416 e. The minimum absolute atomic E-state index is 0.0934. The number of halogens is 3. The number of nitrogens with one attached hydrogen (secondary N) is 1. The number of hydrogen-bond acceptors (Lipinski definition) is 2. The Balaban J connectivity index is 1.56. The van der Waals surface area contributed by atoms with E-state index in [2.05, 4.69) is 16.0 Å². The molecule has 0 aliphatic heterocycles. The number of H-pyrrole nitrogens is 1. The van der Waals surface area contributed by atoms with Crippen LogP contribution in [0.4, 0.5) is 13.2 Å². The second kappa shape index (κ2) is 8.98. The molecule has 0 aliphatic rings. The molecule has 6 heteroatoms. The molecule has 0 unspecified atom stereocenters. The summed E-state index contributed by atoms with van der Waals surface area (Å²) in [4.78, 5) is 12.3. The summed E-state index contributed by atoms with van der Waals surface area (Å²) in [5, 5.41) is 0. The predicted octanol–water partition coefficient (Wildman–Crippen LogP) is 7.53. The first-order valence-corrected chi connectivity index (χ1v) is 10.8. The molecule has 0 atom stereocenters. The zero-order valence-corrected chi connectivity index (χ0v) is 18.1. The van der Waals surface area contributed by atoms with Gasteiger partial charge in [0.05, 0.1) is 29.4 Å². The van der Waals surface area contributed by atoms with Crippen LogP contribution >= 0.6 is 0 Å². The van der Waals surface area contributed by atoms with Gasteiger partial charge >= 0.3 is 6.18 Å². The van der Waals surface area contributed by atoms with Crippen LogP contribution < -0.4 is 0 Å². The van der Waals surface area contributed by atoms with Crippen molar-refractivity contribution in [2.24, 2.45) is 4.99 Å². The normalized spacial score (nSPS) is 12.0. The molecular formula is C28H20F3N3. The molecule has 1 aromatic heterocycles. The number of fused-ring (bicyclic) bond motifs is 1.